The molecule has 3 rings (SSSR count). The summed E-state index contributed by atoms with van der Waals surface area (Å²) in [6.45, 7) is 1.38. The normalized spacial score (nSPS) is 12.2. The first-order valence-electron chi connectivity index (χ1n) is 8.86. The maximum atomic E-state index is 12.5. The molecule has 6 nitrogen and oxygen atoms in total. The molecule has 0 aliphatic carbocycles. The summed E-state index contributed by atoms with van der Waals surface area (Å²) in [4.78, 5) is 24.5. The third-order valence-corrected chi connectivity index (χ3v) is 5.53. The van der Waals surface area contributed by atoms with Crippen molar-refractivity contribution in [3.8, 4) is 0 Å². The van der Waals surface area contributed by atoms with Gasteiger partial charge in [0.1, 0.15) is 6.10 Å². The van der Waals surface area contributed by atoms with E-state index >= 15 is 0 Å². The van der Waals surface area contributed by atoms with Crippen molar-refractivity contribution >= 4 is 27.5 Å². The van der Waals surface area contributed by atoms with Gasteiger partial charge in [0, 0.05) is 16.8 Å². The minimum atomic E-state index is -4.17. The molecule has 0 bridgehead atoms. The first-order valence-corrected chi connectivity index (χ1v) is 10.3. The Balaban J connectivity index is 1.69. The van der Waals surface area contributed by atoms with Crippen molar-refractivity contribution in [2.45, 2.75) is 17.9 Å². The van der Waals surface area contributed by atoms with Gasteiger partial charge in [-0.3, -0.25) is 13.8 Å². The number of carbonyl (C=O) groups is 2. The molecule has 0 saturated carbocycles. The van der Waals surface area contributed by atoms with Crippen LogP contribution in [-0.4, -0.2) is 26.2 Å². The quantitative estimate of drug-likeness (QED) is 0.472. The molecule has 3 aromatic rings. The molecule has 0 aliphatic rings. The summed E-state index contributed by atoms with van der Waals surface area (Å²) >= 11 is 0. The van der Waals surface area contributed by atoms with Gasteiger partial charge in [0.15, 0.2) is 5.78 Å². The maximum absolute atomic E-state index is 12.5. The minimum absolute atomic E-state index is 0.138. The van der Waals surface area contributed by atoms with Crippen LogP contribution in [0.25, 0.3) is 0 Å². The highest BCUT2D eigenvalue weighted by molar-refractivity contribution is 7.86. The summed E-state index contributed by atoms with van der Waals surface area (Å²) in [7, 11) is -4.17. The molecule has 7 heteroatoms. The van der Waals surface area contributed by atoms with Gasteiger partial charge in [-0.25, -0.2) is 0 Å². The minimum Gasteiger partial charge on any atom is -0.322 e. The lowest BCUT2D eigenvalue weighted by Crippen LogP contribution is -2.24. The summed E-state index contributed by atoms with van der Waals surface area (Å²) in [5.74, 6) is -0.804. The second-order valence-electron chi connectivity index (χ2n) is 6.27. The van der Waals surface area contributed by atoms with Crippen molar-refractivity contribution in [1.82, 2.24) is 0 Å². The van der Waals surface area contributed by atoms with Gasteiger partial charge in [-0.15, -0.1) is 0 Å². The maximum Gasteiger partial charge on any atom is 0.297 e. The molecule has 0 spiro atoms. The summed E-state index contributed by atoms with van der Waals surface area (Å²) in [5.41, 5.74) is 1.29. The zero-order valence-electron chi connectivity index (χ0n) is 15.6. The standard InChI is InChI=1S/C22H19NO5S/c1-16(21(24)17-8-4-2-5-9-17)28-29(26,27)20-14-12-18(13-15-20)22(25)23-19-10-6-3-7-11-19/h2-16H,1H3,(H,23,25). The molecule has 1 amide bonds. The first kappa shape index (κ1) is 20.4. The lowest BCUT2D eigenvalue weighted by Gasteiger charge is -2.12. The van der Waals surface area contributed by atoms with Crippen LogP contribution >= 0.6 is 0 Å². The van der Waals surface area contributed by atoms with Crippen LogP contribution < -0.4 is 5.32 Å². The van der Waals surface area contributed by atoms with Gasteiger partial charge in [-0.1, -0.05) is 48.5 Å². The molecule has 1 N–H and O–H groups in total. The lowest BCUT2D eigenvalue weighted by molar-refractivity contribution is 0.0825. The summed E-state index contributed by atoms with van der Waals surface area (Å²) in [6, 6.07) is 22.5. The van der Waals surface area contributed by atoms with E-state index in [2.05, 4.69) is 5.32 Å². The molecule has 0 radical (unpaired) electrons. The second kappa shape index (κ2) is 8.81. The van der Waals surface area contributed by atoms with Crippen LogP contribution in [-0.2, 0) is 14.3 Å². The summed E-state index contributed by atoms with van der Waals surface area (Å²) in [6.07, 6.45) is -1.18. The Morgan fingerprint density at radius 3 is 1.93 bits per heavy atom. The molecule has 3 aromatic carbocycles. The average molecular weight is 409 g/mol. The smallest absolute Gasteiger partial charge is 0.297 e. The number of rotatable bonds is 7. The fourth-order valence-electron chi connectivity index (χ4n) is 2.62. The predicted octanol–water partition coefficient (Wildman–Crippen LogP) is 3.92. The van der Waals surface area contributed by atoms with Crippen LogP contribution in [0, 0.1) is 0 Å². The number of amides is 1. The van der Waals surface area contributed by atoms with Crippen LogP contribution in [0.5, 0.6) is 0 Å². The molecule has 29 heavy (non-hydrogen) atoms. The van der Waals surface area contributed by atoms with Crippen molar-refractivity contribution in [1.29, 1.82) is 0 Å². The van der Waals surface area contributed by atoms with Crippen molar-refractivity contribution < 1.29 is 22.2 Å². The van der Waals surface area contributed by atoms with Gasteiger partial charge in [-0.05, 0) is 43.3 Å². The first-order chi connectivity index (χ1) is 13.9. The average Bonchev–Trinajstić information content (AvgIpc) is 2.74. The Labute approximate surface area is 169 Å². The van der Waals surface area contributed by atoms with E-state index in [4.69, 9.17) is 4.18 Å². The summed E-state index contributed by atoms with van der Waals surface area (Å²) < 4.78 is 30.0. The highest BCUT2D eigenvalue weighted by atomic mass is 32.2. The SMILES string of the molecule is CC(OS(=O)(=O)c1ccc(C(=O)Nc2ccccc2)cc1)C(=O)c1ccccc1. The Bertz CT molecular complexity index is 1090. The highest BCUT2D eigenvalue weighted by Crippen LogP contribution is 2.18. The van der Waals surface area contributed by atoms with Gasteiger partial charge >= 0.3 is 0 Å². The van der Waals surface area contributed by atoms with E-state index in [0.29, 0.717) is 16.8 Å². The van der Waals surface area contributed by atoms with E-state index in [1.165, 1.54) is 31.2 Å². The molecule has 1 atom stereocenters. The number of nitrogens with one attached hydrogen (secondary N) is 1. The number of hydrogen-bond acceptors (Lipinski definition) is 5. The Morgan fingerprint density at radius 2 is 1.34 bits per heavy atom. The third kappa shape index (κ3) is 5.16. The van der Waals surface area contributed by atoms with Gasteiger partial charge < -0.3 is 5.32 Å². The van der Waals surface area contributed by atoms with Crippen LogP contribution in [0.4, 0.5) is 5.69 Å². The monoisotopic (exact) mass is 409 g/mol. The number of anilines is 1. The van der Waals surface area contributed by atoms with Crippen LogP contribution in [0.3, 0.4) is 0 Å². The van der Waals surface area contributed by atoms with Crippen LogP contribution in [0.15, 0.2) is 89.8 Å². The number of benzene rings is 3. The van der Waals surface area contributed by atoms with Crippen LogP contribution in [0.1, 0.15) is 27.6 Å². The number of Topliss-reactive ketones (excluding diaryl/α,β-unsaturated/α-hetero) is 1. The van der Waals surface area contributed by atoms with E-state index < -0.39 is 22.0 Å². The van der Waals surface area contributed by atoms with Crippen molar-refractivity contribution in [3.63, 3.8) is 0 Å². The largest absolute Gasteiger partial charge is 0.322 e. The van der Waals surface area contributed by atoms with Crippen molar-refractivity contribution in [3.05, 3.63) is 96.1 Å². The molecular weight excluding hydrogens is 390 g/mol. The summed E-state index contributed by atoms with van der Waals surface area (Å²) in [5, 5.41) is 2.72. The fourth-order valence-corrected chi connectivity index (χ4v) is 3.67. The molecular formula is C22H19NO5S. The van der Waals surface area contributed by atoms with Crippen LogP contribution in [0.2, 0.25) is 0 Å². The molecule has 0 aliphatic heterocycles. The Kier molecular flexibility index (Phi) is 6.21. The van der Waals surface area contributed by atoms with E-state index in [-0.39, 0.29) is 10.8 Å². The molecule has 0 aromatic heterocycles. The number of carbonyl (C=O) groups excluding carboxylic acids is 2. The van der Waals surface area contributed by atoms with E-state index in [1.807, 2.05) is 6.07 Å². The van der Waals surface area contributed by atoms with Crippen molar-refractivity contribution in [2.75, 3.05) is 5.32 Å². The molecule has 0 heterocycles. The van der Waals surface area contributed by atoms with Gasteiger partial charge in [0.25, 0.3) is 16.0 Å². The van der Waals surface area contributed by atoms with Gasteiger partial charge in [0.05, 0.1) is 4.90 Å². The van der Waals surface area contributed by atoms with E-state index in [0.717, 1.165) is 0 Å². The molecule has 1 unspecified atom stereocenters. The molecule has 0 fully saturated rings. The molecule has 0 saturated heterocycles. The zero-order valence-corrected chi connectivity index (χ0v) is 16.4. The highest BCUT2D eigenvalue weighted by Gasteiger charge is 2.25. The Morgan fingerprint density at radius 1 is 0.793 bits per heavy atom. The predicted molar refractivity (Wildman–Crippen MR) is 109 cm³/mol. The number of para-hydroxylation sites is 1. The topological polar surface area (TPSA) is 89.5 Å². The van der Waals surface area contributed by atoms with Crippen molar-refractivity contribution in [2.24, 2.45) is 0 Å². The van der Waals surface area contributed by atoms with Gasteiger partial charge in [0.2, 0.25) is 0 Å². The fraction of sp³-hybridized carbons (Fsp3) is 0.0909. The van der Waals surface area contributed by atoms with E-state index in [9.17, 15) is 18.0 Å². The lowest BCUT2D eigenvalue weighted by atomic mass is 10.1. The number of hydrogen-bond donors (Lipinski definition) is 1. The van der Waals surface area contributed by atoms with Gasteiger partial charge in [-0.2, -0.15) is 8.42 Å². The second-order valence-corrected chi connectivity index (χ2v) is 7.84. The molecule has 148 valence electrons. The Hall–Kier alpha value is -3.29. The zero-order chi connectivity index (χ0) is 20.9. The number of ketones is 1. The van der Waals surface area contributed by atoms with E-state index in [1.54, 1.807) is 54.6 Å². The third-order valence-electron chi connectivity index (χ3n) is 4.14.